The molecule has 0 aromatic carbocycles. The molecule has 0 spiro atoms. The number of rotatable bonds is 3. The Bertz CT molecular complexity index is 292. The molecule has 5 N–H and O–H groups in total. The predicted molar refractivity (Wildman–Crippen MR) is 60.4 cm³/mol. The number of carboxylic acid groups (broad SMARTS) is 1. The summed E-state index contributed by atoms with van der Waals surface area (Å²) in [4.78, 5) is 11.1. The maximum absolute atomic E-state index is 11.1. The maximum atomic E-state index is 11.1. The maximum Gasteiger partial charge on any atom is 0.335 e. The lowest BCUT2D eigenvalue weighted by atomic mass is 9.82. The zero-order chi connectivity index (χ0) is 13.4. The molecule has 0 bridgehead atoms. The van der Waals surface area contributed by atoms with Crippen LogP contribution in [0.1, 0.15) is 27.2 Å². The minimum atomic E-state index is -1.46. The molecule has 2 unspecified atom stereocenters. The highest BCUT2D eigenvalue weighted by atomic mass is 16.5. The van der Waals surface area contributed by atoms with Crippen LogP contribution < -0.4 is 5.73 Å². The van der Waals surface area contributed by atoms with E-state index in [4.69, 9.17) is 15.6 Å². The quantitative estimate of drug-likeness (QED) is 0.526. The zero-order valence-electron chi connectivity index (χ0n) is 10.3. The number of carboxylic acids is 1. The summed E-state index contributed by atoms with van der Waals surface area (Å²) < 4.78 is 5.50. The molecule has 0 amide bonds. The van der Waals surface area contributed by atoms with Gasteiger partial charge in [-0.2, -0.15) is 0 Å². The second-order valence-corrected chi connectivity index (χ2v) is 5.07. The molecule has 0 aliphatic carbocycles. The fourth-order valence-corrected chi connectivity index (χ4v) is 2.05. The highest BCUT2D eigenvalue weighted by molar-refractivity contribution is 5.77. The average Bonchev–Trinajstić information content (AvgIpc) is 2.22. The van der Waals surface area contributed by atoms with Crippen LogP contribution in [-0.4, -0.2) is 51.2 Å². The Hall–Kier alpha value is -0.690. The fourth-order valence-electron chi connectivity index (χ4n) is 2.05. The van der Waals surface area contributed by atoms with Gasteiger partial charge in [0.1, 0.15) is 0 Å². The van der Waals surface area contributed by atoms with Gasteiger partial charge in [-0.05, 0) is 13.8 Å². The number of ether oxygens (including phenoxy) is 1. The van der Waals surface area contributed by atoms with Gasteiger partial charge in [-0.15, -0.1) is 0 Å². The molecule has 6 nitrogen and oxygen atoms in total. The van der Waals surface area contributed by atoms with Gasteiger partial charge in [-0.1, -0.05) is 6.92 Å². The van der Waals surface area contributed by atoms with E-state index >= 15 is 0 Å². The Morgan fingerprint density at radius 3 is 2.47 bits per heavy atom. The van der Waals surface area contributed by atoms with E-state index in [1.54, 1.807) is 13.8 Å². The number of carbonyl (C=O) groups is 1. The first-order valence-electron chi connectivity index (χ1n) is 5.72. The van der Waals surface area contributed by atoms with Crippen molar-refractivity contribution in [2.75, 3.05) is 0 Å². The van der Waals surface area contributed by atoms with Gasteiger partial charge < -0.3 is 25.8 Å². The van der Waals surface area contributed by atoms with Crippen LogP contribution in [0.5, 0.6) is 0 Å². The lowest BCUT2D eigenvalue weighted by molar-refractivity contribution is -0.207. The van der Waals surface area contributed by atoms with E-state index < -0.39 is 35.9 Å². The summed E-state index contributed by atoms with van der Waals surface area (Å²) >= 11 is 0. The summed E-state index contributed by atoms with van der Waals surface area (Å²) in [7, 11) is 0. The van der Waals surface area contributed by atoms with Crippen LogP contribution in [0.3, 0.4) is 0 Å². The first-order chi connectivity index (χ1) is 7.69. The second kappa shape index (κ2) is 4.89. The van der Waals surface area contributed by atoms with Gasteiger partial charge in [0.2, 0.25) is 0 Å². The first-order valence-corrected chi connectivity index (χ1v) is 5.72. The Morgan fingerprint density at radius 2 is 2.06 bits per heavy atom. The van der Waals surface area contributed by atoms with Crippen molar-refractivity contribution in [3.63, 3.8) is 0 Å². The number of hydrogen-bond donors (Lipinski definition) is 4. The van der Waals surface area contributed by atoms with E-state index in [0.29, 0.717) is 0 Å². The molecule has 0 radical (unpaired) electrons. The molecule has 0 aromatic rings. The van der Waals surface area contributed by atoms with Crippen LogP contribution >= 0.6 is 0 Å². The molecule has 6 heteroatoms. The van der Waals surface area contributed by atoms with Gasteiger partial charge in [-0.25, -0.2) is 4.79 Å². The van der Waals surface area contributed by atoms with E-state index in [9.17, 15) is 15.0 Å². The van der Waals surface area contributed by atoms with Crippen molar-refractivity contribution < 1.29 is 24.9 Å². The highest BCUT2D eigenvalue weighted by Crippen LogP contribution is 2.32. The number of aliphatic hydroxyl groups is 2. The molecule has 1 rings (SSSR count). The minimum absolute atomic E-state index is 0.0491. The van der Waals surface area contributed by atoms with Crippen molar-refractivity contribution in [1.29, 1.82) is 0 Å². The molecule has 0 aromatic heterocycles. The van der Waals surface area contributed by atoms with Crippen LogP contribution in [0, 0.1) is 5.92 Å². The first kappa shape index (κ1) is 14.4. The van der Waals surface area contributed by atoms with Crippen molar-refractivity contribution >= 4 is 5.97 Å². The summed E-state index contributed by atoms with van der Waals surface area (Å²) in [5.41, 5.74) is 4.35. The van der Waals surface area contributed by atoms with E-state index in [1.807, 2.05) is 0 Å². The third-order valence-electron chi connectivity index (χ3n) is 3.55. The van der Waals surface area contributed by atoms with Gasteiger partial charge in [0.15, 0.2) is 5.60 Å². The standard InChI is InChI=1S/C11H21NO5/c1-5(6(2)13)9-8(12)7(14)4-11(3,17-9)10(15)16/h5-9,13-14H,4,12H2,1-3H3,(H,15,16)/t5-,6-,7-,8?,9?,11-/m0/s1. The monoisotopic (exact) mass is 247 g/mol. The molecular formula is C11H21NO5. The topological polar surface area (TPSA) is 113 Å². The Balaban J connectivity index is 2.93. The van der Waals surface area contributed by atoms with Crippen LogP contribution in [0.4, 0.5) is 0 Å². The largest absolute Gasteiger partial charge is 0.479 e. The normalized spacial score (nSPS) is 41.9. The molecule has 1 aliphatic rings. The van der Waals surface area contributed by atoms with Crippen LogP contribution in [0.25, 0.3) is 0 Å². The Morgan fingerprint density at radius 1 is 1.53 bits per heavy atom. The third kappa shape index (κ3) is 2.77. The molecule has 1 saturated heterocycles. The number of hydrogen-bond acceptors (Lipinski definition) is 5. The van der Waals surface area contributed by atoms with E-state index in [-0.39, 0.29) is 12.3 Å². The summed E-state index contributed by atoms with van der Waals surface area (Å²) in [5.74, 6) is -1.48. The third-order valence-corrected chi connectivity index (χ3v) is 3.55. The van der Waals surface area contributed by atoms with Gasteiger partial charge in [0, 0.05) is 12.3 Å². The Kier molecular flexibility index (Phi) is 4.14. The summed E-state index contributed by atoms with van der Waals surface area (Å²) in [6, 6.07) is -0.688. The Labute approximate surface area is 100 Å². The summed E-state index contributed by atoms with van der Waals surface area (Å²) in [6.07, 6.45) is -2.36. The lowest BCUT2D eigenvalue weighted by Gasteiger charge is -2.44. The molecule has 1 fully saturated rings. The van der Waals surface area contributed by atoms with Crippen molar-refractivity contribution in [3.8, 4) is 0 Å². The van der Waals surface area contributed by atoms with Crippen molar-refractivity contribution in [2.24, 2.45) is 11.7 Å². The van der Waals surface area contributed by atoms with E-state index in [1.165, 1.54) is 6.92 Å². The average molecular weight is 247 g/mol. The van der Waals surface area contributed by atoms with Gasteiger partial charge in [0.25, 0.3) is 0 Å². The molecule has 17 heavy (non-hydrogen) atoms. The van der Waals surface area contributed by atoms with Gasteiger partial charge >= 0.3 is 5.97 Å². The van der Waals surface area contributed by atoms with Crippen molar-refractivity contribution in [3.05, 3.63) is 0 Å². The minimum Gasteiger partial charge on any atom is -0.479 e. The van der Waals surface area contributed by atoms with Gasteiger partial charge in [-0.3, -0.25) is 0 Å². The highest BCUT2D eigenvalue weighted by Gasteiger charge is 2.49. The molecular weight excluding hydrogens is 226 g/mol. The molecule has 6 atom stereocenters. The number of aliphatic carboxylic acids is 1. The van der Waals surface area contributed by atoms with Gasteiger partial charge in [0.05, 0.1) is 24.4 Å². The molecule has 100 valence electrons. The molecule has 1 aliphatic heterocycles. The van der Waals surface area contributed by atoms with Crippen molar-refractivity contribution in [2.45, 2.75) is 57.1 Å². The molecule has 1 heterocycles. The number of nitrogens with two attached hydrogens (primary N) is 1. The SMILES string of the molecule is C[C@H](O)[C@H](C)C1O[C@](C)(C(=O)O)C[C@H](O)C1N. The zero-order valence-corrected chi connectivity index (χ0v) is 10.3. The molecule has 0 saturated carbocycles. The van der Waals surface area contributed by atoms with Crippen LogP contribution in [-0.2, 0) is 9.53 Å². The van der Waals surface area contributed by atoms with E-state index in [0.717, 1.165) is 0 Å². The number of aliphatic hydroxyl groups excluding tert-OH is 2. The summed E-state index contributed by atoms with van der Waals surface area (Å²) in [6.45, 7) is 4.71. The lowest BCUT2D eigenvalue weighted by Crippen LogP contribution is -2.62. The van der Waals surface area contributed by atoms with E-state index in [2.05, 4.69) is 0 Å². The fraction of sp³-hybridized carbons (Fsp3) is 0.909. The predicted octanol–water partition coefficient (Wildman–Crippen LogP) is -0.676. The van der Waals surface area contributed by atoms with Crippen LogP contribution in [0.2, 0.25) is 0 Å². The smallest absolute Gasteiger partial charge is 0.335 e. The van der Waals surface area contributed by atoms with Crippen molar-refractivity contribution in [1.82, 2.24) is 0 Å². The summed E-state index contributed by atoms with van der Waals surface area (Å²) in [5, 5.41) is 28.4. The second-order valence-electron chi connectivity index (χ2n) is 5.07. The van der Waals surface area contributed by atoms with Crippen LogP contribution in [0.15, 0.2) is 0 Å².